The molecule has 0 aliphatic heterocycles. The molecule has 0 radical (unpaired) electrons. The summed E-state index contributed by atoms with van der Waals surface area (Å²) >= 11 is 7.34. The van der Waals surface area contributed by atoms with Gasteiger partial charge in [-0.3, -0.25) is 0 Å². The predicted octanol–water partition coefficient (Wildman–Crippen LogP) is 4.29. The zero-order chi connectivity index (χ0) is 15.2. The first-order valence-electron chi connectivity index (χ1n) is 7.74. The fraction of sp³-hybridized carbons (Fsp3) is 0.588. The van der Waals surface area contributed by atoms with Crippen LogP contribution in [0.2, 0.25) is 0 Å². The average molecular weight is 323 g/mol. The van der Waals surface area contributed by atoms with Crippen LogP contribution in [0.4, 0.5) is 0 Å². The summed E-state index contributed by atoms with van der Waals surface area (Å²) in [5.74, 6) is 0.728. The van der Waals surface area contributed by atoms with Gasteiger partial charge in [-0.25, -0.2) is 0 Å². The number of nitrogens with one attached hydrogen (secondary N) is 1. The molecule has 0 unspecified atom stereocenters. The van der Waals surface area contributed by atoms with Crippen molar-refractivity contribution in [1.82, 2.24) is 10.2 Å². The molecule has 1 aromatic carbocycles. The van der Waals surface area contributed by atoms with Crippen molar-refractivity contribution >= 4 is 29.1 Å². The van der Waals surface area contributed by atoms with Gasteiger partial charge in [0.1, 0.15) is 0 Å². The fourth-order valence-electron chi connectivity index (χ4n) is 2.88. The Morgan fingerprint density at radius 1 is 1.29 bits per heavy atom. The Kier molecular flexibility index (Phi) is 6.37. The molecule has 0 bridgehead atoms. The Morgan fingerprint density at radius 2 is 1.95 bits per heavy atom. The first-order chi connectivity index (χ1) is 10.1. The van der Waals surface area contributed by atoms with Crippen LogP contribution in [0.15, 0.2) is 29.2 Å². The van der Waals surface area contributed by atoms with Gasteiger partial charge >= 0.3 is 0 Å². The van der Waals surface area contributed by atoms with Gasteiger partial charge in [-0.15, -0.1) is 11.8 Å². The molecular weight excluding hydrogens is 296 g/mol. The number of rotatable bonds is 4. The summed E-state index contributed by atoms with van der Waals surface area (Å²) in [6.45, 7) is 3.20. The predicted molar refractivity (Wildman–Crippen MR) is 96.8 cm³/mol. The van der Waals surface area contributed by atoms with Crippen molar-refractivity contribution in [3.05, 3.63) is 29.8 Å². The third kappa shape index (κ3) is 4.89. The van der Waals surface area contributed by atoms with Crippen LogP contribution in [0.1, 0.15) is 38.2 Å². The van der Waals surface area contributed by atoms with E-state index in [4.69, 9.17) is 12.2 Å². The van der Waals surface area contributed by atoms with E-state index in [0.29, 0.717) is 6.04 Å². The summed E-state index contributed by atoms with van der Waals surface area (Å²) < 4.78 is 0. The molecule has 1 aromatic rings. The Balaban J connectivity index is 1.86. The highest BCUT2D eigenvalue weighted by Gasteiger charge is 2.22. The maximum absolute atomic E-state index is 5.57. The molecule has 0 aromatic heterocycles. The number of hydrogen-bond donors (Lipinski definition) is 1. The minimum Gasteiger partial charge on any atom is -0.360 e. The first kappa shape index (κ1) is 16.6. The number of benzene rings is 1. The lowest BCUT2D eigenvalue weighted by molar-refractivity contribution is 0.300. The van der Waals surface area contributed by atoms with E-state index < -0.39 is 0 Å². The molecule has 2 rings (SSSR count). The second kappa shape index (κ2) is 8.04. The summed E-state index contributed by atoms with van der Waals surface area (Å²) in [4.78, 5) is 3.45. The van der Waals surface area contributed by atoms with Crippen molar-refractivity contribution in [1.29, 1.82) is 0 Å². The van der Waals surface area contributed by atoms with Gasteiger partial charge in [0.15, 0.2) is 5.11 Å². The summed E-state index contributed by atoms with van der Waals surface area (Å²) in [7, 11) is 2.07. The number of thioether (sulfide) groups is 1. The third-order valence-corrected chi connectivity index (χ3v) is 5.52. The molecule has 0 spiro atoms. The highest BCUT2D eigenvalue weighted by Crippen LogP contribution is 2.24. The van der Waals surface area contributed by atoms with Crippen LogP contribution in [-0.4, -0.2) is 29.4 Å². The molecule has 1 aliphatic carbocycles. The molecule has 4 heteroatoms. The zero-order valence-corrected chi connectivity index (χ0v) is 14.9. The minimum atomic E-state index is 0.549. The van der Waals surface area contributed by atoms with E-state index in [9.17, 15) is 0 Å². The molecule has 1 aliphatic rings. The van der Waals surface area contributed by atoms with Crippen LogP contribution in [0.5, 0.6) is 0 Å². The lowest BCUT2D eigenvalue weighted by Gasteiger charge is -2.33. The van der Waals surface area contributed by atoms with Crippen LogP contribution in [0.25, 0.3) is 0 Å². The largest absolute Gasteiger partial charge is 0.360 e. The monoisotopic (exact) mass is 322 g/mol. The quantitative estimate of drug-likeness (QED) is 0.656. The van der Waals surface area contributed by atoms with Crippen LogP contribution in [-0.2, 0) is 6.54 Å². The van der Waals surface area contributed by atoms with Crippen molar-refractivity contribution in [2.75, 3.05) is 13.3 Å². The summed E-state index contributed by atoms with van der Waals surface area (Å²) in [6.07, 6.45) is 7.36. The van der Waals surface area contributed by atoms with Crippen LogP contribution < -0.4 is 5.32 Å². The number of thiocarbonyl (C=S) groups is 1. The van der Waals surface area contributed by atoms with E-state index in [2.05, 4.69) is 54.7 Å². The van der Waals surface area contributed by atoms with Crippen molar-refractivity contribution in [2.24, 2.45) is 5.92 Å². The van der Waals surface area contributed by atoms with Gasteiger partial charge in [-0.1, -0.05) is 31.9 Å². The highest BCUT2D eigenvalue weighted by atomic mass is 32.2. The van der Waals surface area contributed by atoms with E-state index in [-0.39, 0.29) is 0 Å². The van der Waals surface area contributed by atoms with E-state index in [1.807, 2.05) is 0 Å². The molecular formula is C17H26N2S2. The van der Waals surface area contributed by atoms with Crippen molar-refractivity contribution in [2.45, 2.75) is 50.1 Å². The van der Waals surface area contributed by atoms with E-state index in [1.54, 1.807) is 11.8 Å². The van der Waals surface area contributed by atoms with E-state index >= 15 is 0 Å². The molecule has 116 valence electrons. The normalized spacial score (nSPS) is 21.9. The van der Waals surface area contributed by atoms with Gasteiger partial charge in [0.25, 0.3) is 0 Å². The smallest absolute Gasteiger partial charge is 0.169 e. The molecule has 2 atom stereocenters. The standard InChI is InChI=1S/C17H26N2S2/c1-13-6-4-5-7-16(13)18-17(20)19(2)12-14-8-10-15(21-3)11-9-14/h8-11,13,16H,4-7,12H2,1-3H3,(H,18,20)/t13-,16+/m0/s1. The second-order valence-electron chi connectivity index (χ2n) is 6.02. The molecule has 1 saturated carbocycles. The third-order valence-electron chi connectivity index (χ3n) is 4.35. The molecule has 21 heavy (non-hydrogen) atoms. The van der Waals surface area contributed by atoms with Gasteiger partial charge in [-0.2, -0.15) is 0 Å². The second-order valence-corrected chi connectivity index (χ2v) is 7.29. The summed E-state index contributed by atoms with van der Waals surface area (Å²) in [5.41, 5.74) is 1.30. The zero-order valence-electron chi connectivity index (χ0n) is 13.3. The van der Waals surface area contributed by atoms with Gasteiger partial charge in [0.2, 0.25) is 0 Å². The van der Waals surface area contributed by atoms with E-state index in [0.717, 1.165) is 17.6 Å². The maximum Gasteiger partial charge on any atom is 0.169 e. The van der Waals surface area contributed by atoms with Gasteiger partial charge in [0.05, 0.1) is 0 Å². The van der Waals surface area contributed by atoms with Crippen LogP contribution >= 0.6 is 24.0 Å². The molecule has 1 fully saturated rings. The Labute approximate surface area is 138 Å². The Morgan fingerprint density at radius 3 is 2.57 bits per heavy atom. The molecule has 1 N–H and O–H groups in total. The number of nitrogens with zero attached hydrogens (tertiary/aromatic N) is 1. The highest BCUT2D eigenvalue weighted by molar-refractivity contribution is 7.98. The molecule has 2 nitrogen and oxygen atoms in total. The van der Waals surface area contributed by atoms with Crippen molar-refractivity contribution < 1.29 is 0 Å². The lowest BCUT2D eigenvalue weighted by Crippen LogP contribution is -2.46. The molecule has 0 heterocycles. The minimum absolute atomic E-state index is 0.549. The number of hydrogen-bond acceptors (Lipinski definition) is 2. The first-order valence-corrected chi connectivity index (χ1v) is 9.38. The molecule has 0 saturated heterocycles. The average Bonchev–Trinajstić information content (AvgIpc) is 2.50. The Hall–Kier alpha value is -0.740. The maximum atomic E-state index is 5.57. The van der Waals surface area contributed by atoms with Gasteiger partial charge in [0, 0.05) is 24.5 Å². The fourth-order valence-corrected chi connectivity index (χ4v) is 3.50. The topological polar surface area (TPSA) is 15.3 Å². The lowest BCUT2D eigenvalue weighted by atomic mass is 9.86. The SMILES string of the molecule is CSc1ccc(CN(C)C(=S)N[C@@H]2CCCC[C@@H]2C)cc1. The Bertz CT molecular complexity index is 458. The molecule has 0 amide bonds. The van der Waals surface area contributed by atoms with Crippen molar-refractivity contribution in [3.8, 4) is 0 Å². The van der Waals surface area contributed by atoms with Crippen LogP contribution in [0.3, 0.4) is 0 Å². The van der Waals surface area contributed by atoms with Gasteiger partial charge < -0.3 is 10.2 Å². The van der Waals surface area contributed by atoms with Gasteiger partial charge in [-0.05, 0) is 54.9 Å². The van der Waals surface area contributed by atoms with Crippen LogP contribution in [0, 0.1) is 5.92 Å². The summed E-state index contributed by atoms with van der Waals surface area (Å²) in [6, 6.07) is 9.27. The summed E-state index contributed by atoms with van der Waals surface area (Å²) in [5, 5.41) is 4.44. The van der Waals surface area contributed by atoms with E-state index in [1.165, 1.54) is 36.1 Å². The van der Waals surface area contributed by atoms with Crippen molar-refractivity contribution in [3.63, 3.8) is 0 Å².